The molecule has 0 aliphatic heterocycles. The molecule has 19 heavy (non-hydrogen) atoms. The molecule has 0 aromatic heterocycles. The first-order valence-corrected chi connectivity index (χ1v) is 5.93. The van der Waals surface area contributed by atoms with Crippen LogP contribution in [0.1, 0.15) is 24.5 Å². The highest BCUT2D eigenvalue weighted by Gasteiger charge is 2.33. The largest absolute Gasteiger partial charge is 0.416 e. The molecule has 0 atom stereocenters. The van der Waals surface area contributed by atoms with Gasteiger partial charge in [-0.2, -0.15) is 13.2 Å². The first-order valence-electron chi connectivity index (χ1n) is 5.93. The highest BCUT2D eigenvalue weighted by Crippen LogP contribution is 2.34. The molecular formula is C14H16F3NO. The molecular weight excluding hydrogens is 255 g/mol. The second-order valence-corrected chi connectivity index (χ2v) is 4.12. The Balaban J connectivity index is 3.20. The first kappa shape index (κ1) is 15.4. The summed E-state index contributed by atoms with van der Waals surface area (Å²) in [5.41, 5.74) is -0.525. The first-order chi connectivity index (χ1) is 8.93. The second-order valence-electron chi connectivity index (χ2n) is 4.12. The third kappa shape index (κ3) is 3.90. The van der Waals surface area contributed by atoms with E-state index in [9.17, 15) is 13.2 Å². The number of anilines is 1. The lowest BCUT2D eigenvalue weighted by atomic mass is 10.1. The maximum absolute atomic E-state index is 12.9. The Labute approximate surface area is 110 Å². The maximum atomic E-state index is 12.9. The molecule has 0 aliphatic carbocycles. The fraction of sp³-hybridized carbons (Fsp3) is 0.429. The van der Waals surface area contributed by atoms with E-state index < -0.39 is 18.3 Å². The monoisotopic (exact) mass is 271 g/mol. The fourth-order valence-electron chi connectivity index (χ4n) is 1.84. The summed E-state index contributed by atoms with van der Waals surface area (Å²) in [6.45, 7) is 2.12. The van der Waals surface area contributed by atoms with Crippen molar-refractivity contribution in [2.75, 3.05) is 18.0 Å². The van der Waals surface area contributed by atoms with Crippen LogP contribution in [0.3, 0.4) is 0 Å². The Morgan fingerprint density at radius 3 is 2.53 bits per heavy atom. The zero-order chi connectivity index (χ0) is 14.5. The SMILES string of the molecule is C#CCN(CCC)c1ccc(CO)c(C(F)(F)F)c1. The summed E-state index contributed by atoms with van der Waals surface area (Å²) in [6.07, 6.45) is 1.52. The summed E-state index contributed by atoms with van der Waals surface area (Å²) in [5, 5.41) is 8.97. The molecule has 0 aliphatic rings. The van der Waals surface area contributed by atoms with Crippen molar-refractivity contribution in [1.29, 1.82) is 0 Å². The van der Waals surface area contributed by atoms with Crippen molar-refractivity contribution in [1.82, 2.24) is 0 Å². The van der Waals surface area contributed by atoms with Crippen LogP contribution >= 0.6 is 0 Å². The lowest BCUT2D eigenvalue weighted by molar-refractivity contribution is -0.138. The van der Waals surface area contributed by atoms with Crippen molar-refractivity contribution in [3.8, 4) is 12.3 Å². The molecule has 0 saturated heterocycles. The van der Waals surface area contributed by atoms with Crippen molar-refractivity contribution < 1.29 is 18.3 Å². The zero-order valence-electron chi connectivity index (χ0n) is 10.7. The Bertz CT molecular complexity index is 463. The van der Waals surface area contributed by atoms with Gasteiger partial charge < -0.3 is 10.0 Å². The molecule has 0 spiro atoms. The van der Waals surface area contributed by atoms with Crippen molar-refractivity contribution in [2.45, 2.75) is 26.1 Å². The van der Waals surface area contributed by atoms with Gasteiger partial charge in [0.25, 0.3) is 0 Å². The van der Waals surface area contributed by atoms with E-state index in [-0.39, 0.29) is 12.1 Å². The van der Waals surface area contributed by atoms with E-state index in [1.54, 1.807) is 11.0 Å². The van der Waals surface area contributed by atoms with Crippen LogP contribution in [-0.2, 0) is 12.8 Å². The summed E-state index contributed by atoms with van der Waals surface area (Å²) in [6, 6.07) is 3.88. The van der Waals surface area contributed by atoms with Gasteiger partial charge in [-0.3, -0.25) is 0 Å². The van der Waals surface area contributed by atoms with Gasteiger partial charge in [0.1, 0.15) is 0 Å². The maximum Gasteiger partial charge on any atom is 0.416 e. The lowest BCUT2D eigenvalue weighted by Gasteiger charge is -2.23. The minimum Gasteiger partial charge on any atom is -0.392 e. The molecule has 1 rings (SSSR count). The molecule has 0 unspecified atom stereocenters. The predicted octanol–water partition coefficient (Wildman–Crippen LogP) is 3.05. The topological polar surface area (TPSA) is 23.5 Å². The molecule has 2 nitrogen and oxygen atoms in total. The molecule has 5 heteroatoms. The van der Waals surface area contributed by atoms with Crippen LogP contribution in [0.5, 0.6) is 0 Å². The number of alkyl halides is 3. The normalized spacial score (nSPS) is 11.2. The Kier molecular flexibility index (Phi) is 5.25. The summed E-state index contributed by atoms with van der Waals surface area (Å²) in [5.74, 6) is 2.43. The van der Waals surface area contributed by atoms with Crippen LogP contribution < -0.4 is 4.90 Å². The highest BCUT2D eigenvalue weighted by molar-refractivity contribution is 5.52. The van der Waals surface area contributed by atoms with Gasteiger partial charge in [0.15, 0.2) is 0 Å². The Morgan fingerprint density at radius 1 is 1.37 bits per heavy atom. The smallest absolute Gasteiger partial charge is 0.392 e. The van der Waals surface area contributed by atoms with Crippen LogP contribution in [0.2, 0.25) is 0 Å². The Hall–Kier alpha value is -1.67. The van der Waals surface area contributed by atoms with E-state index in [4.69, 9.17) is 11.5 Å². The standard InChI is InChI=1S/C14H16F3NO/c1-3-7-18(8-4-2)12-6-5-11(10-19)13(9-12)14(15,16)17/h1,5-6,9,19H,4,7-8,10H2,2H3. The molecule has 0 fully saturated rings. The third-order valence-electron chi connectivity index (χ3n) is 2.71. The number of halogens is 3. The van der Waals surface area contributed by atoms with Gasteiger partial charge in [-0.1, -0.05) is 18.9 Å². The number of terminal acetylenes is 1. The van der Waals surface area contributed by atoms with Gasteiger partial charge in [-0.05, 0) is 24.1 Å². The van der Waals surface area contributed by atoms with Crippen molar-refractivity contribution in [2.24, 2.45) is 0 Å². The van der Waals surface area contributed by atoms with E-state index >= 15 is 0 Å². The van der Waals surface area contributed by atoms with Crippen LogP contribution in [0.4, 0.5) is 18.9 Å². The minimum absolute atomic E-state index is 0.131. The van der Waals surface area contributed by atoms with Crippen molar-refractivity contribution in [3.63, 3.8) is 0 Å². The number of benzene rings is 1. The number of hydrogen-bond acceptors (Lipinski definition) is 2. The molecule has 104 valence electrons. The molecule has 1 aromatic rings. The number of aliphatic hydroxyl groups is 1. The summed E-state index contributed by atoms with van der Waals surface area (Å²) >= 11 is 0. The van der Waals surface area contributed by atoms with Crippen LogP contribution in [0.25, 0.3) is 0 Å². The zero-order valence-corrected chi connectivity index (χ0v) is 10.7. The highest BCUT2D eigenvalue weighted by atomic mass is 19.4. The molecule has 0 radical (unpaired) electrons. The fourth-order valence-corrected chi connectivity index (χ4v) is 1.84. The lowest BCUT2D eigenvalue weighted by Crippen LogP contribution is -2.25. The van der Waals surface area contributed by atoms with Gasteiger partial charge in [0, 0.05) is 12.2 Å². The van der Waals surface area contributed by atoms with Crippen molar-refractivity contribution in [3.05, 3.63) is 29.3 Å². The Morgan fingerprint density at radius 2 is 2.05 bits per heavy atom. The molecule has 1 N–H and O–H groups in total. The average Bonchev–Trinajstić information content (AvgIpc) is 2.37. The van der Waals surface area contributed by atoms with Gasteiger partial charge in [-0.25, -0.2) is 0 Å². The van der Waals surface area contributed by atoms with Gasteiger partial charge in [-0.15, -0.1) is 6.42 Å². The summed E-state index contributed by atoms with van der Waals surface area (Å²) < 4.78 is 38.6. The van der Waals surface area contributed by atoms with E-state index in [0.29, 0.717) is 12.2 Å². The minimum atomic E-state index is -4.48. The van der Waals surface area contributed by atoms with E-state index in [1.807, 2.05) is 6.92 Å². The third-order valence-corrected chi connectivity index (χ3v) is 2.71. The molecule has 0 heterocycles. The number of aliphatic hydroxyl groups excluding tert-OH is 1. The molecule has 0 saturated carbocycles. The van der Waals surface area contributed by atoms with Gasteiger partial charge in [0.05, 0.1) is 18.7 Å². The summed E-state index contributed by atoms with van der Waals surface area (Å²) in [4.78, 5) is 1.70. The van der Waals surface area contributed by atoms with Crippen molar-refractivity contribution >= 4 is 5.69 Å². The average molecular weight is 271 g/mol. The van der Waals surface area contributed by atoms with Crippen LogP contribution in [0.15, 0.2) is 18.2 Å². The summed E-state index contributed by atoms with van der Waals surface area (Å²) in [7, 11) is 0. The van der Waals surface area contributed by atoms with Crippen LogP contribution in [0, 0.1) is 12.3 Å². The van der Waals surface area contributed by atoms with E-state index in [1.165, 1.54) is 6.07 Å². The molecule has 0 bridgehead atoms. The predicted molar refractivity (Wildman–Crippen MR) is 68.7 cm³/mol. The van der Waals surface area contributed by atoms with E-state index in [2.05, 4.69) is 5.92 Å². The molecule has 1 aromatic carbocycles. The second kappa shape index (κ2) is 6.48. The number of nitrogens with zero attached hydrogens (tertiary/aromatic N) is 1. The number of hydrogen-bond donors (Lipinski definition) is 1. The van der Waals surface area contributed by atoms with Gasteiger partial charge >= 0.3 is 6.18 Å². The number of rotatable bonds is 5. The van der Waals surface area contributed by atoms with Gasteiger partial charge in [0.2, 0.25) is 0 Å². The molecule has 0 amide bonds. The quantitative estimate of drug-likeness (QED) is 0.832. The van der Waals surface area contributed by atoms with E-state index in [0.717, 1.165) is 12.5 Å². The van der Waals surface area contributed by atoms with Crippen LogP contribution in [-0.4, -0.2) is 18.2 Å².